The van der Waals surface area contributed by atoms with Gasteiger partial charge in [-0.2, -0.15) is 0 Å². The Bertz CT molecular complexity index is 156. The molecular formula is C8H17N3O. The number of amidine groups is 1. The van der Waals surface area contributed by atoms with Crippen LogP contribution in [0.15, 0.2) is 17.8 Å². The third-order valence-corrected chi connectivity index (χ3v) is 1.63. The molecule has 0 aromatic carbocycles. The number of nitrogens with zero attached hydrogens (tertiary/aromatic N) is 1. The molecule has 0 fully saturated rings. The first-order chi connectivity index (χ1) is 5.74. The third-order valence-electron chi connectivity index (χ3n) is 1.63. The number of hydrogen-bond acceptors (Lipinski definition) is 3. The highest BCUT2D eigenvalue weighted by atomic mass is 16.4. The molecule has 0 aliphatic rings. The van der Waals surface area contributed by atoms with Crippen molar-refractivity contribution in [1.29, 1.82) is 0 Å². The van der Waals surface area contributed by atoms with Crippen LogP contribution in [-0.2, 0) is 0 Å². The molecule has 4 heteroatoms. The lowest BCUT2D eigenvalue weighted by atomic mass is 10.1. The lowest BCUT2D eigenvalue weighted by Gasteiger charge is -2.14. The van der Waals surface area contributed by atoms with Crippen LogP contribution in [0.2, 0.25) is 0 Å². The first kappa shape index (κ1) is 11.0. The van der Waals surface area contributed by atoms with Gasteiger partial charge in [0.15, 0.2) is 0 Å². The zero-order valence-electron chi connectivity index (χ0n) is 7.45. The van der Waals surface area contributed by atoms with Crippen LogP contribution in [0.4, 0.5) is 0 Å². The predicted octanol–water partition coefficient (Wildman–Crippen LogP) is 0.677. The molecule has 0 aliphatic heterocycles. The van der Waals surface area contributed by atoms with E-state index in [0.29, 0.717) is 6.42 Å². The molecule has 0 amide bonds. The van der Waals surface area contributed by atoms with Crippen molar-refractivity contribution in [2.75, 3.05) is 6.54 Å². The molecule has 1 unspecified atom stereocenters. The van der Waals surface area contributed by atoms with E-state index in [0.717, 1.165) is 13.0 Å². The predicted molar refractivity (Wildman–Crippen MR) is 50.3 cm³/mol. The summed E-state index contributed by atoms with van der Waals surface area (Å²) in [5, 5.41) is 14.4. The number of rotatable bonds is 6. The Hall–Kier alpha value is -1.03. The van der Waals surface area contributed by atoms with Gasteiger partial charge in [0, 0.05) is 19.0 Å². The van der Waals surface area contributed by atoms with Crippen LogP contribution in [0.1, 0.15) is 19.8 Å². The molecule has 0 aromatic rings. The van der Waals surface area contributed by atoms with Crippen molar-refractivity contribution in [3.05, 3.63) is 12.7 Å². The first-order valence-electron chi connectivity index (χ1n) is 4.05. The van der Waals surface area contributed by atoms with Gasteiger partial charge in [-0.05, 0) is 6.42 Å². The van der Waals surface area contributed by atoms with E-state index >= 15 is 0 Å². The fourth-order valence-corrected chi connectivity index (χ4v) is 0.904. The summed E-state index contributed by atoms with van der Waals surface area (Å²) in [5.74, 6) is 0.262. The number of oxime groups is 1. The summed E-state index contributed by atoms with van der Waals surface area (Å²) in [6.07, 6.45) is 3.31. The zero-order valence-corrected chi connectivity index (χ0v) is 7.45. The lowest BCUT2D eigenvalue weighted by Crippen LogP contribution is -2.33. The minimum atomic E-state index is 0.262. The van der Waals surface area contributed by atoms with Gasteiger partial charge >= 0.3 is 0 Å². The second kappa shape index (κ2) is 6.67. The van der Waals surface area contributed by atoms with E-state index in [2.05, 4.69) is 17.1 Å². The third kappa shape index (κ3) is 4.73. The first-order valence-corrected chi connectivity index (χ1v) is 4.05. The normalized spacial score (nSPS) is 14.2. The second-order valence-electron chi connectivity index (χ2n) is 2.60. The fourth-order valence-electron chi connectivity index (χ4n) is 0.904. The SMILES string of the molecule is C=CCNC(CC)CC(N)=NO. The Balaban J connectivity index is 3.74. The quantitative estimate of drug-likeness (QED) is 0.181. The average molecular weight is 171 g/mol. The van der Waals surface area contributed by atoms with E-state index in [1.54, 1.807) is 6.08 Å². The van der Waals surface area contributed by atoms with E-state index in [-0.39, 0.29) is 11.9 Å². The molecule has 4 nitrogen and oxygen atoms in total. The molecule has 4 N–H and O–H groups in total. The van der Waals surface area contributed by atoms with E-state index in [4.69, 9.17) is 10.9 Å². The Morgan fingerprint density at radius 1 is 1.83 bits per heavy atom. The monoisotopic (exact) mass is 171 g/mol. The molecule has 0 aromatic heterocycles. The Labute approximate surface area is 73.1 Å². The molecule has 70 valence electrons. The maximum atomic E-state index is 8.32. The fraction of sp³-hybridized carbons (Fsp3) is 0.625. The second-order valence-corrected chi connectivity index (χ2v) is 2.60. The minimum absolute atomic E-state index is 0.262. The largest absolute Gasteiger partial charge is 0.409 e. The molecule has 0 rings (SSSR count). The van der Waals surface area contributed by atoms with Crippen molar-refractivity contribution >= 4 is 5.84 Å². The topological polar surface area (TPSA) is 70.6 Å². The van der Waals surface area contributed by atoms with Gasteiger partial charge in [-0.1, -0.05) is 18.2 Å². The summed E-state index contributed by atoms with van der Waals surface area (Å²) in [4.78, 5) is 0. The highest BCUT2D eigenvalue weighted by Crippen LogP contribution is 1.96. The van der Waals surface area contributed by atoms with Crippen LogP contribution in [-0.4, -0.2) is 23.6 Å². The van der Waals surface area contributed by atoms with Crippen LogP contribution >= 0.6 is 0 Å². The van der Waals surface area contributed by atoms with Gasteiger partial charge in [-0.3, -0.25) is 0 Å². The van der Waals surface area contributed by atoms with Crippen molar-refractivity contribution in [2.45, 2.75) is 25.8 Å². The van der Waals surface area contributed by atoms with Gasteiger partial charge in [0.05, 0.1) is 0 Å². The van der Waals surface area contributed by atoms with Crippen molar-refractivity contribution in [2.24, 2.45) is 10.9 Å². The van der Waals surface area contributed by atoms with Crippen LogP contribution < -0.4 is 11.1 Å². The van der Waals surface area contributed by atoms with Gasteiger partial charge in [-0.15, -0.1) is 6.58 Å². The highest BCUT2D eigenvalue weighted by molar-refractivity contribution is 5.80. The summed E-state index contributed by atoms with van der Waals surface area (Å²) in [7, 11) is 0. The average Bonchev–Trinajstić information content (AvgIpc) is 2.11. The summed E-state index contributed by atoms with van der Waals surface area (Å²) < 4.78 is 0. The standard InChI is InChI=1S/C8H17N3O/c1-3-5-10-7(4-2)6-8(9)11-12/h3,7,10,12H,1,4-6H2,2H3,(H2,9,11). The lowest BCUT2D eigenvalue weighted by molar-refractivity contribution is 0.315. The summed E-state index contributed by atoms with van der Waals surface area (Å²) in [5.41, 5.74) is 5.36. The Morgan fingerprint density at radius 2 is 2.50 bits per heavy atom. The molecule has 0 radical (unpaired) electrons. The van der Waals surface area contributed by atoms with E-state index < -0.39 is 0 Å². The van der Waals surface area contributed by atoms with Crippen molar-refractivity contribution < 1.29 is 5.21 Å². The van der Waals surface area contributed by atoms with E-state index in [1.165, 1.54) is 0 Å². The van der Waals surface area contributed by atoms with Crippen LogP contribution in [0.25, 0.3) is 0 Å². The van der Waals surface area contributed by atoms with Gasteiger partial charge in [-0.25, -0.2) is 0 Å². The smallest absolute Gasteiger partial charge is 0.140 e. The Morgan fingerprint density at radius 3 is 2.92 bits per heavy atom. The van der Waals surface area contributed by atoms with Gasteiger partial charge in [0.25, 0.3) is 0 Å². The molecular weight excluding hydrogens is 154 g/mol. The molecule has 1 atom stereocenters. The van der Waals surface area contributed by atoms with Crippen molar-refractivity contribution in [1.82, 2.24) is 5.32 Å². The van der Waals surface area contributed by atoms with Crippen molar-refractivity contribution in [3.63, 3.8) is 0 Å². The van der Waals surface area contributed by atoms with E-state index in [1.807, 2.05) is 6.92 Å². The van der Waals surface area contributed by atoms with E-state index in [9.17, 15) is 0 Å². The number of nitrogens with two attached hydrogens (primary N) is 1. The van der Waals surface area contributed by atoms with Crippen molar-refractivity contribution in [3.8, 4) is 0 Å². The zero-order chi connectivity index (χ0) is 9.40. The van der Waals surface area contributed by atoms with Crippen LogP contribution in [0.3, 0.4) is 0 Å². The summed E-state index contributed by atoms with van der Waals surface area (Å²) in [6.45, 7) is 6.39. The summed E-state index contributed by atoms with van der Waals surface area (Å²) in [6, 6.07) is 0.263. The van der Waals surface area contributed by atoms with Gasteiger partial charge in [0.2, 0.25) is 0 Å². The maximum absolute atomic E-state index is 8.32. The van der Waals surface area contributed by atoms with Crippen LogP contribution in [0.5, 0.6) is 0 Å². The Kier molecular flexibility index (Phi) is 6.09. The molecule has 0 heterocycles. The number of hydrogen-bond donors (Lipinski definition) is 3. The summed E-state index contributed by atoms with van der Waals surface area (Å²) >= 11 is 0. The maximum Gasteiger partial charge on any atom is 0.140 e. The molecule has 0 aliphatic carbocycles. The molecule has 0 saturated heterocycles. The highest BCUT2D eigenvalue weighted by Gasteiger charge is 2.06. The van der Waals surface area contributed by atoms with Gasteiger partial charge < -0.3 is 16.3 Å². The molecule has 0 saturated carbocycles. The number of nitrogens with one attached hydrogen (secondary N) is 1. The van der Waals surface area contributed by atoms with Crippen LogP contribution in [0, 0.1) is 0 Å². The minimum Gasteiger partial charge on any atom is -0.409 e. The molecule has 0 bridgehead atoms. The van der Waals surface area contributed by atoms with Gasteiger partial charge in [0.1, 0.15) is 5.84 Å². The molecule has 12 heavy (non-hydrogen) atoms. The molecule has 0 spiro atoms.